The molecule has 0 spiro atoms. The normalized spacial score (nSPS) is 18.6. The molecule has 11 heteroatoms. The quantitative estimate of drug-likeness (QED) is 0.819. The Labute approximate surface area is 162 Å². The van der Waals surface area contributed by atoms with E-state index in [2.05, 4.69) is 10.1 Å². The predicted octanol–water partition coefficient (Wildman–Crippen LogP) is 2.68. The van der Waals surface area contributed by atoms with Crippen molar-refractivity contribution in [2.45, 2.75) is 39.3 Å². The summed E-state index contributed by atoms with van der Waals surface area (Å²) in [6, 6.07) is 0. The molecule has 3 heterocycles. The van der Waals surface area contributed by atoms with Gasteiger partial charge in [-0.15, -0.1) is 5.10 Å². The lowest BCUT2D eigenvalue weighted by Gasteiger charge is -2.26. The van der Waals surface area contributed by atoms with Gasteiger partial charge in [0.2, 0.25) is 16.0 Å². The van der Waals surface area contributed by atoms with Crippen molar-refractivity contribution in [1.29, 1.82) is 0 Å². The van der Waals surface area contributed by atoms with Crippen LogP contribution in [0.3, 0.4) is 0 Å². The van der Waals surface area contributed by atoms with Crippen LogP contribution in [-0.2, 0) is 16.4 Å². The molecule has 2 aromatic heterocycles. The maximum atomic E-state index is 13.7. The smallest absolute Gasteiger partial charge is 0.238 e. The first-order valence-electron chi connectivity index (χ1n) is 8.57. The predicted molar refractivity (Wildman–Crippen MR) is 101 cm³/mol. The molecule has 0 aromatic carbocycles. The maximum absolute atomic E-state index is 13.7. The van der Waals surface area contributed by atoms with Gasteiger partial charge in [-0.3, -0.25) is 0 Å². The van der Waals surface area contributed by atoms with Crippen LogP contribution in [0.2, 0.25) is 5.02 Å². The van der Waals surface area contributed by atoms with Crippen LogP contribution in [0.5, 0.6) is 0 Å². The van der Waals surface area contributed by atoms with Crippen LogP contribution >= 0.6 is 11.6 Å². The van der Waals surface area contributed by atoms with E-state index in [-0.39, 0.29) is 23.0 Å². The molecule has 1 fully saturated rings. The van der Waals surface area contributed by atoms with Crippen molar-refractivity contribution < 1.29 is 17.2 Å². The topological polar surface area (TPSA) is 93.6 Å². The Morgan fingerprint density at radius 2 is 2.11 bits per heavy atom. The largest absolute Gasteiger partial charge is 0.367 e. The van der Waals surface area contributed by atoms with Gasteiger partial charge in [-0.1, -0.05) is 25.4 Å². The number of aromatic nitrogens is 3. The third-order valence-electron chi connectivity index (χ3n) is 4.07. The number of anilines is 1. The standard InChI is InChI=1S/C10H12ClFN4.C6H12FNO2S/c1-5(2)3-6-8(11)9(12)7-4-14-10(13)15-16(6)7;1-11(9,10)8-4-2-3-6(7)5-8/h4-5H,3H2,1-2H3,(H2,13,15);6H,2-5H2,1H3. The van der Waals surface area contributed by atoms with E-state index in [1.807, 2.05) is 13.8 Å². The van der Waals surface area contributed by atoms with E-state index in [4.69, 9.17) is 17.3 Å². The summed E-state index contributed by atoms with van der Waals surface area (Å²) in [5.41, 5.74) is 6.37. The average molecular weight is 424 g/mol. The minimum absolute atomic E-state index is 0.0405. The second-order valence-corrected chi connectivity index (χ2v) is 9.31. The van der Waals surface area contributed by atoms with Crippen LogP contribution in [0, 0.1) is 11.7 Å². The second kappa shape index (κ2) is 8.66. The molecule has 0 bridgehead atoms. The van der Waals surface area contributed by atoms with Crippen molar-refractivity contribution in [2.75, 3.05) is 25.1 Å². The number of nitrogen functional groups attached to an aromatic ring is 1. The fourth-order valence-corrected chi connectivity index (χ4v) is 3.96. The van der Waals surface area contributed by atoms with Gasteiger partial charge in [-0.05, 0) is 25.2 Å². The minimum Gasteiger partial charge on any atom is -0.367 e. The van der Waals surface area contributed by atoms with Crippen LogP contribution in [0.1, 0.15) is 32.4 Å². The number of fused-ring (bicyclic) bond motifs is 1. The highest BCUT2D eigenvalue weighted by Gasteiger charge is 2.25. The Kier molecular flexibility index (Phi) is 6.98. The summed E-state index contributed by atoms with van der Waals surface area (Å²) in [5.74, 6) is -0.0346. The summed E-state index contributed by atoms with van der Waals surface area (Å²) >= 11 is 5.93. The molecule has 0 saturated carbocycles. The first-order valence-corrected chi connectivity index (χ1v) is 10.8. The molecule has 1 saturated heterocycles. The highest BCUT2D eigenvalue weighted by molar-refractivity contribution is 7.88. The summed E-state index contributed by atoms with van der Waals surface area (Å²) in [6.07, 6.45) is 3.25. The first kappa shape index (κ1) is 21.8. The number of hydrogen-bond donors (Lipinski definition) is 1. The van der Waals surface area contributed by atoms with Gasteiger partial charge in [-0.25, -0.2) is 26.7 Å². The monoisotopic (exact) mass is 423 g/mol. The lowest BCUT2D eigenvalue weighted by Crippen LogP contribution is -2.39. The maximum Gasteiger partial charge on any atom is 0.238 e. The molecule has 1 atom stereocenters. The number of sulfonamides is 1. The second-order valence-electron chi connectivity index (χ2n) is 6.95. The molecule has 0 amide bonds. The molecule has 152 valence electrons. The number of hydrogen-bond acceptors (Lipinski definition) is 5. The molecule has 2 aromatic rings. The Balaban J connectivity index is 0.000000208. The zero-order valence-electron chi connectivity index (χ0n) is 15.5. The molecule has 3 rings (SSSR count). The van der Waals surface area contributed by atoms with E-state index in [1.165, 1.54) is 15.0 Å². The van der Waals surface area contributed by atoms with Crippen molar-refractivity contribution in [2.24, 2.45) is 5.92 Å². The Morgan fingerprint density at radius 3 is 2.63 bits per heavy atom. The molecule has 7 nitrogen and oxygen atoms in total. The molecule has 0 aliphatic carbocycles. The number of piperidine rings is 1. The Morgan fingerprint density at radius 1 is 1.44 bits per heavy atom. The zero-order valence-corrected chi connectivity index (χ0v) is 17.1. The highest BCUT2D eigenvalue weighted by Crippen LogP contribution is 2.27. The summed E-state index contributed by atoms with van der Waals surface area (Å²) in [4.78, 5) is 3.75. The van der Waals surface area contributed by atoms with Gasteiger partial charge >= 0.3 is 0 Å². The fourth-order valence-electron chi connectivity index (χ4n) is 2.81. The van der Waals surface area contributed by atoms with Gasteiger partial charge in [0.1, 0.15) is 16.7 Å². The van der Waals surface area contributed by atoms with Crippen molar-refractivity contribution in [3.8, 4) is 0 Å². The molecule has 2 N–H and O–H groups in total. The van der Waals surface area contributed by atoms with E-state index < -0.39 is 22.0 Å². The number of nitrogens with two attached hydrogens (primary N) is 1. The summed E-state index contributed by atoms with van der Waals surface area (Å²) < 4.78 is 50.8. The lowest BCUT2D eigenvalue weighted by molar-refractivity contribution is 0.203. The fraction of sp³-hybridized carbons (Fsp3) is 0.625. The molecule has 1 aliphatic rings. The molecule has 1 aliphatic heterocycles. The summed E-state index contributed by atoms with van der Waals surface area (Å²) in [5, 5.41) is 4.07. The number of halogens is 3. The van der Waals surface area contributed by atoms with Crippen LogP contribution in [0.25, 0.3) is 5.52 Å². The minimum atomic E-state index is -3.17. The zero-order chi connectivity index (χ0) is 20.4. The molecule has 27 heavy (non-hydrogen) atoms. The highest BCUT2D eigenvalue weighted by atomic mass is 35.5. The van der Waals surface area contributed by atoms with Crippen molar-refractivity contribution in [3.05, 3.63) is 22.7 Å². The first-order chi connectivity index (χ1) is 12.5. The van der Waals surface area contributed by atoms with E-state index >= 15 is 0 Å². The SMILES string of the molecule is CC(C)Cc1c(Cl)c(F)c2cnc(N)nn12.CS(=O)(=O)N1CCCC(F)C1. The van der Waals surface area contributed by atoms with Gasteiger partial charge in [0.25, 0.3) is 0 Å². The van der Waals surface area contributed by atoms with Crippen LogP contribution in [0.4, 0.5) is 14.7 Å². The lowest BCUT2D eigenvalue weighted by atomic mass is 10.1. The molecular weight excluding hydrogens is 400 g/mol. The van der Waals surface area contributed by atoms with Gasteiger partial charge < -0.3 is 5.73 Å². The summed E-state index contributed by atoms with van der Waals surface area (Å²) in [6.45, 7) is 4.56. The van der Waals surface area contributed by atoms with E-state index in [0.29, 0.717) is 37.4 Å². The van der Waals surface area contributed by atoms with Crippen molar-refractivity contribution in [1.82, 2.24) is 18.9 Å². The van der Waals surface area contributed by atoms with E-state index in [0.717, 1.165) is 6.26 Å². The third-order valence-corrected chi connectivity index (χ3v) is 5.73. The molecule has 1 unspecified atom stereocenters. The molecular formula is C16H24ClF2N5O2S. The van der Waals surface area contributed by atoms with Crippen LogP contribution < -0.4 is 5.73 Å². The van der Waals surface area contributed by atoms with Crippen LogP contribution in [0.15, 0.2) is 6.20 Å². The average Bonchev–Trinajstić information content (AvgIpc) is 2.79. The van der Waals surface area contributed by atoms with Gasteiger partial charge in [0, 0.05) is 13.1 Å². The number of rotatable bonds is 3. The van der Waals surface area contributed by atoms with E-state index in [1.54, 1.807) is 0 Å². The molecule has 0 radical (unpaired) electrons. The van der Waals surface area contributed by atoms with Crippen molar-refractivity contribution >= 4 is 33.1 Å². The number of nitrogens with zero attached hydrogens (tertiary/aromatic N) is 4. The Bertz CT molecular complexity index is 904. The third kappa shape index (κ3) is 5.49. The Hall–Kier alpha value is -1.52. The van der Waals surface area contributed by atoms with E-state index in [9.17, 15) is 17.2 Å². The van der Waals surface area contributed by atoms with Crippen molar-refractivity contribution in [3.63, 3.8) is 0 Å². The van der Waals surface area contributed by atoms with Gasteiger partial charge in [-0.2, -0.15) is 4.31 Å². The summed E-state index contributed by atoms with van der Waals surface area (Å²) in [7, 11) is -3.17. The van der Waals surface area contributed by atoms with Crippen LogP contribution in [-0.4, -0.2) is 52.8 Å². The van der Waals surface area contributed by atoms with Gasteiger partial charge in [0.15, 0.2) is 5.82 Å². The van der Waals surface area contributed by atoms with Gasteiger partial charge in [0.05, 0.1) is 18.1 Å². The number of alkyl halides is 1.